The Kier molecular flexibility index (Phi) is 4.70. The second-order valence-electron chi connectivity index (χ2n) is 7.87. The number of likely N-dealkylation sites (N-methyl/N-ethyl adjacent to an activating group) is 1. The van der Waals surface area contributed by atoms with Gasteiger partial charge in [0, 0.05) is 36.0 Å². The maximum Gasteiger partial charge on any atom is 0.354 e. The van der Waals surface area contributed by atoms with Gasteiger partial charge in [-0.05, 0) is 36.1 Å². The van der Waals surface area contributed by atoms with E-state index in [0.29, 0.717) is 18.7 Å². The summed E-state index contributed by atoms with van der Waals surface area (Å²) in [4.78, 5) is 33.6. The van der Waals surface area contributed by atoms with Gasteiger partial charge in [-0.25, -0.2) is 14.5 Å². The van der Waals surface area contributed by atoms with Gasteiger partial charge in [0.05, 0.1) is 35.7 Å². The van der Waals surface area contributed by atoms with Crippen molar-refractivity contribution in [1.29, 1.82) is 0 Å². The molecule has 0 spiro atoms. The van der Waals surface area contributed by atoms with Crippen LogP contribution in [0.2, 0.25) is 0 Å². The van der Waals surface area contributed by atoms with Crippen molar-refractivity contribution in [3.63, 3.8) is 0 Å². The molecule has 1 aliphatic rings. The molecule has 1 aromatic carbocycles. The first-order valence-corrected chi connectivity index (χ1v) is 10.4. The molecular weight excluding hydrogens is 406 g/mol. The first-order chi connectivity index (χ1) is 15.5. The normalized spacial score (nSPS) is 13.4. The minimum atomic E-state index is -1.06. The largest absolute Gasteiger partial charge is 0.477 e. The number of fused-ring (bicyclic) bond motifs is 2. The number of carboxylic acid groups (broad SMARTS) is 1. The highest BCUT2D eigenvalue weighted by atomic mass is 16.4. The zero-order valence-electron chi connectivity index (χ0n) is 17.7. The molecule has 5 rings (SSSR count). The third kappa shape index (κ3) is 3.20. The quantitative estimate of drug-likeness (QED) is 0.536. The van der Waals surface area contributed by atoms with Crippen LogP contribution in [-0.4, -0.2) is 48.7 Å². The second kappa shape index (κ2) is 7.56. The summed E-state index contributed by atoms with van der Waals surface area (Å²) in [5.41, 5.74) is 5.38. The molecule has 0 aliphatic carbocycles. The van der Waals surface area contributed by atoms with E-state index in [2.05, 4.69) is 16.9 Å². The van der Waals surface area contributed by atoms with Gasteiger partial charge >= 0.3 is 5.97 Å². The lowest BCUT2D eigenvalue weighted by Crippen LogP contribution is -2.33. The third-order valence-corrected chi connectivity index (χ3v) is 5.90. The van der Waals surface area contributed by atoms with E-state index < -0.39 is 5.97 Å². The summed E-state index contributed by atoms with van der Waals surface area (Å²) in [6.07, 6.45) is 4.47. The molecule has 0 saturated carbocycles. The Morgan fingerprint density at radius 1 is 1.16 bits per heavy atom. The zero-order chi connectivity index (χ0) is 22.4. The van der Waals surface area contributed by atoms with Crippen molar-refractivity contribution in [2.24, 2.45) is 0 Å². The smallest absolute Gasteiger partial charge is 0.354 e. The van der Waals surface area contributed by atoms with Gasteiger partial charge in [-0.3, -0.25) is 9.78 Å². The summed E-state index contributed by atoms with van der Waals surface area (Å²) < 4.78 is 1.95. The molecule has 0 atom stereocenters. The van der Waals surface area contributed by atoms with Crippen LogP contribution in [0.4, 0.5) is 0 Å². The summed E-state index contributed by atoms with van der Waals surface area (Å²) >= 11 is 0. The summed E-state index contributed by atoms with van der Waals surface area (Å²) in [6.45, 7) is 2.57. The molecule has 160 valence electrons. The summed E-state index contributed by atoms with van der Waals surface area (Å²) in [5.74, 6) is -0.951. The van der Waals surface area contributed by atoms with Crippen LogP contribution in [0.25, 0.3) is 27.7 Å². The number of aromatic carboxylic acids is 1. The highest BCUT2D eigenvalue weighted by molar-refractivity contribution is 5.92. The fourth-order valence-electron chi connectivity index (χ4n) is 4.15. The molecule has 1 N–H and O–H groups in total. The monoisotopic (exact) mass is 427 g/mol. The molecule has 8 nitrogen and oxygen atoms in total. The number of hydrogen-bond acceptors (Lipinski definition) is 5. The van der Waals surface area contributed by atoms with Crippen molar-refractivity contribution >= 4 is 22.6 Å². The molecule has 4 heterocycles. The lowest BCUT2D eigenvalue weighted by Gasteiger charge is -2.24. The minimum Gasteiger partial charge on any atom is -0.477 e. The predicted molar refractivity (Wildman–Crippen MR) is 119 cm³/mol. The van der Waals surface area contributed by atoms with Crippen LogP contribution in [0.3, 0.4) is 0 Å². The number of hydrogen-bond donors (Lipinski definition) is 1. The van der Waals surface area contributed by atoms with E-state index in [9.17, 15) is 9.59 Å². The van der Waals surface area contributed by atoms with Crippen LogP contribution in [0.15, 0.2) is 48.8 Å². The van der Waals surface area contributed by atoms with Gasteiger partial charge in [0.2, 0.25) is 5.91 Å². The molecule has 0 radical (unpaired) electrons. The van der Waals surface area contributed by atoms with Gasteiger partial charge in [-0.15, -0.1) is 0 Å². The van der Waals surface area contributed by atoms with Crippen LogP contribution < -0.4 is 0 Å². The maximum atomic E-state index is 12.3. The number of amides is 1. The number of rotatable bonds is 4. The molecule has 0 bridgehead atoms. The molecule has 3 aromatic heterocycles. The lowest BCUT2D eigenvalue weighted by molar-refractivity contribution is -0.130. The van der Waals surface area contributed by atoms with Crippen molar-refractivity contribution in [1.82, 2.24) is 24.6 Å². The van der Waals surface area contributed by atoms with Crippen molar-refractivity contribution in [3.05, 3.63) is 71.4 Å². The van der Waals surface area contributed by atoms with Crippen LogP contribution in [-0.2, 0) is 24.2 Å². The van der Waals surface area contributed by atoms with E-state index in [1.807, 2.05) is 42.2 Å². The van der Waals surface area contributed by atoms with Gasteiger partial charge < -0.3 is 10.0 Å². The third-order valence-electron chi connectivity index (χ3n) is 5.90. The Hall–Kier alpha value is -4.07. The van der Waals surface area contributed by atoms with Crippen LogP contribution in [0.1, 0.15) is 34.4 Å². The highest BCUT2D eigenvalue weighted by Gasteiger charge is 2.28. The number of aromatic nitrogens is 4. The molecular formula is C24H21N5O3. The van der Waals surface area contributed by atoms with Gasteiger partial charge in [-0.1, -0.05) is 19.1 Å². The summed E-state index contributed by atoms with van der Waals surface area (Å²) in [5, 5.41) is 15.8. The SMILES string of the molecule is CCc1nn(-c2cccc3cc(-c4ccc(C(=O)O)nc4)ncc23)c2c1CC(=O)N(C)C2. The van der Waals surface area contributed by atoms with E-state index in [1.165, 1.54) is 12.3 Å². The Morgan fingerprint density at radius 3 is 2.72 bits per heavy atom. The average molecular weight is 427 g/mol. The molecule has 0 unspecified atom stereocenters. The van der Waals surface area contributed by atoms with Crippen LogP contribution >= 0.6 is 0 Å². The number of benzene rings is 1. The van der Waals surface area contributed by atoms with Crippen molar-refractivity contribution < 1.29 is 14.7 Å². The molecule has 8 heteroatoms. The van der Waals surface area contributed by atoms with E-state index >= 15 is 0 Å². The fraction of sp³-hybridized carbons (Fsp3) is 0.208. The van der Waals surface area contributed by atoms with Gasteiger partial charge in [0.15, 0.2) is 0 Å². The van der Waals surface area contributed by atoms with E-state index in [-0.39, 0.29) is 11.6 Å². The standard InChI is InChI=1S/C24H21N5O3/c1-3-18-16-10-23(30)28(2)13-22(16)29(27-18)21-6-4-5-14-9-20(26-12-17(14)21)15-7-8-19(24(31)32)25-11-15/h4-9,11-12H,3,10,13H2,1-2H3,(H,31,32). The van der Waals surface area contributed by atoms with E-state index in [4.69, 9.17) is 10.2 Å². The molecule has 1 amide bonds. The van der Waals surface area contributed by atoms with Crippen LogP contribution in [0.5, 0.6) is 0 Å². The summed E-state index contributed by atoms with van der Waals surface area (Å²) in [6, 6.07) is 11.1. The first kappa shape index (κ1) is 19.9. The van der Waals surface area contributed by atoms with Crippen LogP contribution in [0, 0.1) is 0 Å². The van der Waals surface area contributed by atoms with E-state index in [1.54, 1.807) is 11.0 Å². The topological polar surface area (TPSA) is 101 Å². The van der Waals surface area contributed by atoms with Gasteiger partial charge in [0.25, 0.3) is 0 Å². The Labute approximate surface area is 184 Å². The van der Waals surface area contributed by atoms with Crippen molar-refractivity contribution in [3.8, 4) is 16.9 Å². The number of nitrogens with zero attached hydrogens (tertiary/aromatic N) is 5. The minimum absolute atomic E-state index is 0.00420. The number of aryl methyl sites for hydroxylation is 1. The molecule has 0 fully saturated rings. The predicted octanol–water partition coefficient (Wildman–Crippen LogP) is 3.26. The Morgan fingerprint density at radius 2 is 2.00 bits per heavy atom. The number of pyridine rings is 2. The average Bonchev–Trinajstić information content (AvgIpc) is 3.15. The number of carbonyl (C=O) groups is 2. The van der Waals surface area contributed by atoms with E-state index in [0.717, 1.165) is 45.4 Å². The highest BCUT2D eigenvalue weighted by Crippen LogP contribution is 2.30. The number of carboxylic acids is 1. The molecule has 4 aromatic rings. The Bertz CT molecular complexity index is 1370. The fourth-order valence-corrected chi connectivity index (χ4v) is 4.15. The van der Waals surface area contributed by atoms with Gasteiger partial charge in [-0.2, -0.15) is 5.10 Å². The van der Waals surface area contributed by atoms with Crippen molar-refractivity contribution in [2.75, 3.05) is 7.05 Å². The lowest BCUT2D eigenvalue weighted by atomic mass is 10.0. The zero-order valence-corrected chi connectivity index (χ0v) is 17.7. The maximum absolute atomic E-state index is 12.3. The Balaban J connectivity index is 1.61. The first-order valence-electron chi connectivity index (χ1n) is 10.4. The van der Waals surface area contributed by atoms with Crippen molar-refractivity contribution in [2.45, 2.75) is 26.3 Å². The van der Waals surface area contributed by atoms with Gasteiger partial charge in [0.1, 0.15) is 5.69 Å². The molecule has 0 saturated heterocycles. The molecule has 32 heavy (non-hydrogen) atoms. The number of carbonyl (C=O) groups excluding carboxylic acids is 1. The summed E-state index contributed by atoms with van der Waals surface area (Å²) in [7, 11) is 1.81. The molecule has 1 aliphatic heterocycles. The second-order valence-corrected chi connectivity index (χ2v) is 7.87.